The molecule has 0 aliphatic heterocycles. The van der Waals surface area contributed by atoms with Gasteiger partial charge >= 0.3 is 0 Å². The molecule has 0 N–H and O–H groups in total. The third-order valence-electron chi connectivity index (χ3n) is 11.3. The van der Waals surface area contributed by atoms with Crippen molar-refractivity contribution in [2.45, 2.75) is 12.8 Å². The Morgan fingerprint density at radius 1 is 0.352 bits per heavy atom. The minimum absolute atomic E-state index is 1.03. The van der Waals surface area contributed by atoms with Crippen molar-refractivity contribution in [2.75, 3.05) is 0 Å². The van der Waals surface area contributed by atoms with Crippen molar-refractivity contribution >= 4 is 49.6 Å². The molecule has 8 aromatic carbocycles. The quantitative estimate of drug-likeness (QED) is 0.170. The van der Waals surface area contributed by atoms with Gasteiger partial charge in [-0.25, -0.2) is 0 Å². The lowest BCUT2D eigenvalue weighted by Crippen LogP contribution is -2.02. The zero-order valence-corrected chi connectivity index (χ0v) is 29.8. The van der Waals surface area contributed by atoms with E-state index in [4.69, 9.17) is 0 Å². The lowest BCUT2D eigenvalue weighted by Gasteiger charge is -2.13. The molecule has 11 rings (SSSR count). The number of benzene rings is 8. The van der Waals surface area contributed by atoms with Crippen LogP contribution in [0.5, 0.6) is 0 Å². The topological polar surface area (TPSA) is 9.86 Å². The monoisotopic (exact) mass is 688 g/mol. The third-order valence-corrected chi connectivity index (χ3v) is 11.3. The molecule has 0 saturated heterocycles. The summed E-state index contributed by atoms with van der Waals surface area (Å²) in [6.07, 6.45) is 6.77. The second kappa shape index (κ2) is 12.4. The van der Waals surface area contributed by atoms with Crippen molar-refractivity contribution in [2.24, 2.45) is 0 Å². The summed E-state index contributed by atoms with van der Waals surface area (Å²) in [5.74, 6) is 0. The second-order valence-electron chi connectivity index (χ2n) is 14.5. The number of hydrogen-bond donors (Lipinski definition) is 0. The van der Waals surface area contributed by atoms with Gasteiger partial charge in [0.25, 0.3) is 0 Å². The van der Waals surface area contributed by atoms with Gasteiger partial charge in [0.15, 0.2) is 0 Å². The average molecular weight is 689 g/mol. The highest BCUT2D eigenvalue weighted by Gasteiger charge is 2.22. The molecule has 0 spiro atoms. The number of hydrogen-bond acceptors (Lipinski definition) is 0. The fraction of sp³-hybridized carbons (Fsp3) is 0.0385. The summed E-state index contributed by atoms with van der Waals surface area (Å²) >= 11 is 0. The summed E-state index contributed by atoms with van der Waals surface area (Å²) in [5, 5.41) is 6.34. The fourth-order valence-electron chi connectivity index (χ4n) is 8.75. The second-order valence-corrected chi connectivity index (χ2v) is 14.5. The lowest BCUT2D eigenvalue weighted by molar-refractivity contribution is 0.889. The molecule has 0 radical (unpaired) electrons. The molecule has 0 fully saturated rings. The van der Waals surface area contributed by atoms with Crippen molar-refractivity contribution in [3.63, 3.8) is 0 Å². The van der Waals surface area contributed by atoms with Gasteiger partial charge in [-0.05, 0) is 124 Å². The van der Waals surface area contributed by atoms with Crippen LogP contribution in [0.2, 0.25) is 0 Å². The van der Waals surface area contributed by atoms with E-state index in [0.29, 0.717) is 0 Å². The maximum absolute atomic E-state index is 2.50. The molecule has 0 amide bonds. The first-order valence-corrected chi connectivity index (χ1v) is 18.9. The van der Waals surface area contributed by atoms with Gasteiger partial charge in [0.1, 0.15) is 0 Å². The van der Waals surface area contributed by atoms with E-state index < -0.39 is 0 Å². The predicted molar refractivity (Wildman–Crippen MR) is 229 cm³/mol. The van der Waals surface area contributed by atoms with Crippen LogP contribution in [0.25, 0.3) is 94.3 Å². The molecular weight excluding hydrogens is 653 g/mol. The smallest absolute Gasteiger partial charge is 0.0548 e. The molecule has 2 aromatic heterocycles. The van der Waals surface area contributed by atoms with E-state index in [1.165, 1.54) is 93.8 Å². The maximum Gasteiger partial charge on any atom is 0.0548 e. The van der Waals surface area contributed by atoms with E-state index in [1.807, 2.05) is 0 Å². The van der Waals surface area contributed by atoms with Gasteiger partial charge in [0.05, 0.1) is 16.6 Å². The number of nitrogens with zero attached hydrogens (tertiary/aromatic N) is 2. The van der Waals surface area contributed by atoms with Crippen LogP contribution in [0.3, 0.4) is 0 Å². The summed E-state index contributed by atoms with van der Waals surface area (Å²) in [7, 11) is 0. The average Bonchev–Trinajstić information content (AvgIpc) is 3.74. The van der Waals surface area contributed by atoms with E-state index in [-0.39, 0.29) is 0 Å². The first-order chi connectivity index (χ1) is 26.8. The molecule has 254 valence electrons. The fourth-order valence-corrected chi connectivity index (χ4v) is 8.75. The maximum atomic E-state index is 2.50. The molecule has 10 aromatic rings. The Kier molecular flexibility index (Phi) is 7.03. The first-order valence-electron chi connectivity index (χ1n) is 18.9. The molecule has 0 atom stereocenters. The zero-order valence-electron chi connectivity index (χ0n) is 29.8. The van der Waals surface area contributed by atoms with Gasteiger partial charge in [0.2, 0.25) is 0 Å². The number of rotatable bonds is 5. The van der Waals surface area contributed by atoms with Crippen molar-refractivity contribution < 1.29 is 0 Å². The molecular formula is C52H36N2. The van der Waals surface area contributed by atoms with E-state index in [1.54, 1.807) is 0 Å². The van der Waals surface area contributed by atoms with Gasteiger partial charge in [-0.1, -0.05) is 127 Å². The first kappa shape index (κ1) is 30.7. The van der Waals surface area contributed by atoms with Gasteiger partial charge in [0, 0.05) is 38.8 Å². The van der Waals surface area contributed by atoms with Crippen LogP contribution in [0.4, 0.5) is 0 Å². The van der Waals surface area contributed by atoms with Gasteiger partial charge in [-0.3, -0.25) is 0 Å². The van der Waals surface area contributed by atoms with E-state index >= 15 is 0 Å². The largest absolute Gasteiger partial charge is 0.313 e. The predicted octanol–water partition coefficient (Wildman–Crippen LogP) is 13.8. The van der Waals surface area contributed by atoms with Crippen LogP contribution in [-0.2, 0) is 6.42 Å². The molecule has 0 unspecified atom stereocenters. The highest BCUT2D eigenvalue weighted by atomic mass is 15.0. The SMILES string of the molecule is C1=Cc2c(n(-c3ccccc3)c3cc4c5cc6ccccc6cc5n(-c5ccc(-c6cc(-c7ccccc7)cc(-c7ccccc7)c6)cc5)c4cc23)CC1. The van der Waals surface area contributed by atoms with Crippen LogP contribution in [0, 0.1) is 0 Å². The Morgan fingerprint density at radius 2 is 0.833 bits per heavy atom. The molecule has 54 heavy (non-hydrogen) atoms. The van der Waals surface area contributed by atoms with Crippen molar-refractivity contribution in [3.8, 4) is 44.8 Å². The van der Waals surface area contributed by atoms with Gasteiger partial charge < -0.3 is 9.13 Å². The highest BCUT2D eigenvalue weighted by molar-refractivity contribution is 6.17. The Morgan fingerprint density at radius 3 is 1.48 bits per heavy atom. The molecule has 1 aliphatic rings. The summed E-state index contributed by atoms with van der Waals surface area (Å²) in [6, 6.07) is 66.8. The number of allylic oxidation sites excluding steroid dienone is 1. The standard InChI is InChI=1S/C52H36N2/c1-4-14-35(15-5-1)40-28-41(36-16-6-2-7-17-36)30-42(29-40)37-24-26-44(27-25-37)54-50-32-39-19-11-10-18-38(39)31-46(50)48-34-51-47(33-52(48)54)45-22-12-13-23-49(45)53(51)43-20-8-3-9-21-43/h1-12,14-22,24-34H,13,23H2. The van der Waals surface area contributed by atoms with Gasteiger partial charge in [-0.15, -0.1) is 0 Å². The van der Waals surface area contributed by atoms with E-state index in [9.17, 15) is 0 Å². The van der Waals surface area contributed by atoms with Crippen molar-refractivity contribution in [1.82, 2.24) is 9.13 Å². The zero-order chi connectivity index (χ0) is 35.6. The van der Waals surface area contributed by atoms with E-state index in [0.717, 1.165) is 18.5 Å². The van der Waals surface area contributed by atoms with Crippen LogP contribution < -0.4 is 0 Å². The minimum atomic E-state index is 1.03. The number of fused-ring (bicyclic) bond motifs is 7. The number of aromatic nitrogens is 2. The third kappa shape index (κ3) is 4.95. The summed E-state index contributed by atoms with van der Waals surface area (Å²) in [5.41, 5.74) is 16.1. The van der Waals surface area contributed by atoms with E-state index in [2.05, 4.69) is 203 Å². The molecule has 2 heteroatoms. The lowest BCUT2D eigenvalue weighted by atomic mass is 9.93. The Hall–Kier alpha value is -6.90. The number of para-hydroxylation sites is 1. The van der Waals surface area contributed by atoms with Crippen molar-refractivity contribution in [3.05, 3.63) is 199 Å². The normalized spacial score (nSPS) is 12.6. The molecule has 0 bridgehead atoms. The van der Waals surface area contributed by atoms with Crippen molar-refractivity contribution in [1.29, 1.82) is 0 Å². The van der Waals surface area contributed by atoms with Crippen LogP contribution in [0.1, 0.15) is 17.7 Å². The molecule has 2 nitrogen and oxygen atoms in total. The molecule has 1 aliphatic carbocycles. The summed E-state index contributed by atoms with van der Waals surface area (Å²) in [4.78, 5) is 0. The summed E-state index contributed by atoms with van der Waals surface area (Å²) < 4.78 is 4.98. The summed E-state index contributed by atoms with van der Waals surface area (Å²) in [6.45, 7) is 0. The highest BCUT2D eigenvalue weighted by Crippen LogP contribution is 2.42. The van der Waals surface area contributed by atoms with Crippen LogP contribution in [-0.4, -0.2) is 9.13 Å². The van der Waals surface area contributed by atoms with Crippen LogP contribution >= 0.6 is 0 Å². The Labute approximate surface area is 314 Å². The molecule has 0 saturated carbocycles. The van der Waals surface area contributed by atoms with Gasteiger partial charge in [-0.2, -0.15) is 0 Å². The minimum Gasteiger partial charge on any atom is -0.313 e. The van der Waals surface area contributed by atoms with Crippen LogP contribution in [0.15, 0.2) is 188 Å². The Balaban J connectivity index is 1.13. The Bertz CT molecular complexity index is 3000. The molecule has 2 heterocycles.